The van der Waals surface area contributed by atoms with E-state index in [2.05, 4.69) is 38.5 Å². The molecule has 1 heterocycles. The molecule has 0 aromatic heterocycles. The summed E-state index contributed by atoms with van der Waals surface area (Å²) in [6.45, 7) is 15.3. The van der Waals surface area contributed by atoms with Gasteiger partial charge in [0.15, 0.2) is 0 Å². The van der Waals surface area contributed by atoms with Crippen LogP contribution in [0.15, 0.2) is 12.2 Å². The molecule has 1 fully saturated rings. The van der Waals surface area contributed by atoms with Crippen LogP contribution in [0, 0.1) is 0 Å². The molecule has 1 aliphatic rings. The third-order valence-electron chi connectivity index (χ3n) is 3.88. The minimum absolute atomic E-state index is 0.307. The maximum Gasteiger partial charge on any atom is 0.0483 e. The molecule has 1 nitrogen and oxygen atoms in total. The van der Waals surface area contributed by atoms with E-state index in [9.17, 15) is 0 Å². The summed E-state index contributed by atoms with van der Waals surface area (Å²) in [5.74, 6) is 0. The van der Waals surface area contributed by atoms with E-state index in [4.69, 9.17) is 0 Å². The van der Waals surface area contributed by atoms with Crippen LogP contribution >= 0.6 is 0 Å². The number of rotatable bonds is 4. The van der Waals surface area contributed by atoms with E-state index in [1.165, 1.54) is 63.1 Å². The fourth-order valence-corrected chi connectivity index (χ4v) is 4.79. The molecule has 0 aromatic rings. The first kappa shape index (κ1) is 16.0. The van der Waals surface area contributed by atoms with Gasteiger partial charge in [-0.1, -0.05) is 50.9 Å². The first-order valence-electron chi connectivity index (χ1n) is 7.72. The zero-order valence-corrected chi connectivity index (χ0v) is 14.1. The molecule has 106 valence electrons. The molecule has 1 aliphatic heterocycles. The third kappa shape index (κ3) is 6.74. The van der Waals surface area contributed by atoms with E-state index < -0.39 is 8.07 Å². The molecule has 0 aromatic carbocycles. The van der Waals surface area contributed by atoms with Crippen LogP contribution in [-0.2, 0) is 0 Å². The molecular formula is C16H33NSi. The van der Waals surface area contributed by atoms with Crippen LogP contribution in [0.25, 0.3) is 0 Å². The molecule has 1 unspecified atom stereocenters. The zero-order chi connectivity index (χ0) is 13.6. The van der Waals surface area contributed by atoms with Gasteiger partial charge in [0.2, 0.25) is 0 Å². The summed E-state index contributed by atoms with van der Waals surface area (Å²) >= 11 is 0. The van der Waals surface area contributed by atoms with Crippen molar-refractivity contribution in [1.82, 2.24) is 5.32 Å². The Bertz CT molecular complexity index is 255. The van der Waals surface area contributed by atoms with Crippen molar-refractivity contribution in [2.45, 2.75) is 83.1 Å². The molecule has 0 spiro atoms. The summed E-state index contributed by atoms with van der Waals surface area (Å²) < 4.78 is 0. The zero-order valence-electron chi connectivity index (χ0n) is 13.1. The Morgan fingerprint density at radius 1 is 1.11 bits per heavy atom. The van der Waals surface area contributed by atoms with E-state index in [0.29, 0.717) is 5.54 Å². The average molecular weight is 268 g/mol. The average Bonchev–Trinajstić information content (AvgIpc) is 2.27. The second-order valence-electron chi connectivity index (χ2n) is 7.67. The van der Waals surface area contributed by atoms with Crippen LogP contribution in [0.4, 0.5) is 0 Å². The number of nitrogens with one attached hydrogen (secondary N) is 1. The van der Waals surface area contributed by atoms with Gasteiger partial charge in [-0.3, -0.25) is 0 Å². The highest BCUT2D eigenvalue weighted by Crippen LogP contribution is 2.28. The second-order valence-corrected chi connectivity index (χ2v) is 13.1. The second kappa shape index (κ2) is 6.90. The van der Waals surface area contributed by atoms with Gasteiger partial charge in [-0.25, -0.2) is 0 Å². The van der Waals surface area contributed by atoms with Gasteiger partial charge in [0.05, 0.1) is 0 Å². The Morgan fingerprint density at radius 2 is 1.72 bits per heavy atom. The molecule has 0 aliphatic carbocycles. The summed E-state index contributed by atoms with van der Waals surface area (Å²) in [5, 5.41) is 3.81. The van der Waals surface area contributed by atoms with Crippen LogP contribution in [0.1, 0.15) is 51.9 Å². The summed E-state index contributed by atoms with van der Waals surface area (Å²) in [6, 6.07) is 1.28. The Labute approximate surface area is 115 Å². The first-order chi connectivity index (χ1) is 8.31. The van der Waals surface area contributed by atoms with Gasteiger partial charge in [0, 0.05) is 13.6 Å². The van der Waals surface area contributed by atoms with E-state index in [0.717, 1.165) is 0 Å². The Hall–Kier alpha value is -0.0831. The van der Waals surface area contributed by atoms with Crippen LogP contribution in [-0.4, -0.2) is 20.2 Å². The lowest BCUT2D eigenvalue weighted by atomic mass is 9.88. The standard InChI is InChI=1S/C16H33NSi/c1-15(14-18(3,4)5)13-16(2)11-9-7-6-8-10-12-17-16/h17H,1,6-14H2,2-5H3. The van der Waals surface area contributed by atoms with Crippen LogP contribution < -0.4 is 5.32 Å². The highest BCUT2D eigenvalue weighted by atomic mass is 28.3. The van der Waals surface area contributed by atoms with Crippen molar-refractivity contribution in [2.24, 2.45) is 0 Å². The largest absolute Gasteiger partial charge is 0.311 e. The van der Waals surface area contributed by atoms with Crippen LogP contribution in [0.5, 0.6) is 0 Å². The fourth-order valence-electron chi connectivity index (χ4n) is 3.16. The highest BCUT2D eigenvalue weighted by molar-refractivity contribution is 6.76. The van der Waals surface area contributed by atoms with Crippen LogP contribution in [0.3, 0.4) is 0 Å². The van der Waals surface area contributed by atoms with Gasteiger partial charge in [-0.05, 0) is 38.8 Å². The molecular weight excluding hydrogens is 234 g/mol. The lowest BCUT2D eigenvalue weighted by Crippen LogP contribution is -2.43. The lowest BCUT2D eigenvalue weighted by Gasteiger charge is -2.33. The molecule has 18 heavy (non-hydrogen) atoms. The third-order valence-corrected chi connectivity index (χ3v) is 5.44. The maximum atomic E-state index is 4.35. The number of hydrogen-bond acceptors (Lipinski definition) is 1. The van der Waals surface area contributed by atoms with Gasteiger partial charge in [0.1, 0.15) is 0 Å². The Kier molecular flexibility index (Phi) is 6.13. The topological polar surface area (TPSA) is 12.0 Å². The van der Waals surface area contributed by atoms with Crippen molar-refractivity contribution >= 4 is 8.07 Å². The van der Waals surface area contributed by atoms with Gasteiger partial charge in [0.25, 0.3) is 0 Å². The van der Waals surface area contributed by atoms with Gasteiger partial charge in [-0.15, -0.1) is 6.58 Å². The minimum Gasteiger partial charge on any atom is -0.311 e. The van der Waals surface area contributed by atoms with Gasteiger partial charge >= 0.3 is 0 Å². The highest BCUT2D eigenvalue weighted by Gasteiger charge is 2.26. The van der Waals surface area contributed by atoms with Crippen molar-refractivity contribution in [3.8, 4) is 0 Å². The maximum absolute atomic E-state index is 4.35. The van der Waals surface area contributed by atoms with Crippen molar-refractivity contribution in [1.29, 1.82) is 0 Å². The quantitative estimate of drug-likeness (QED) is 0.560. The monoisotopic (exact) mass is 267 g/mol. The van der Waals surface area contributed by atoms with E-state index in [1.807, 2.05) is 0 Å². The van der Waals surface area contributed by atoms with E-state index in [-0.39, 0.29) is 0 Å². The molecule has 2 heteroatoms. The molecule has 1 saturated heterocycles. The smallest absolute Gasteiger partial charge is 0.0483 e. The first-order valence-corrected chi connectivity index (χ1v) is 11.4. The Morgan fingerprint density at radius 3 is 2.39 bits per heavy atom. The van der Waals surface area contributed by atoms with Crippen LogP contribution in [0.2, 0.25) is 25.7 Å². The molecule has 1 N–H and O–H groups in total. The van der Waals surface area contributed by atoms with Gasteiger partial charge in [-0.2, -0.15) is 0 Å². The predicted molar refractivity (Wildman–Crippen MR) is 86.0 cm³/mol. The number of hydrogen-bond donors (Lipinski definition) is 1. The predicted octanol–water partition coefficient (Wildman–Crippen LogP) is 4.97. The Balaban J connectivity index is 2.51. The van der Waals surface area contributed by atoms with Gasteiger partial charge < -0.3 is 5.32 Å². The van der Waals surface area contributed by atoms with Crippen molar-refractivity contribution in [3.63, 3.8) is 0 Å². The van der Waals surface area contributed by atoms with E-state index >= 15 is 0 Å². The minimum atomic E-state index is -0.998. The fraction of sp³-hybridized carbons (Fsp3) is 0.875. The van der Waals surface area contributed by atoms with Crippen molar-refractivity contribution in [2.75, 3.05) is 6.54 Å². The van der Waals surface area contributed by atoms with Crippen molar-refractivity contribution < 1.29 is 0 Å². The SMILES string of the molecule is C=C(CC1(C)CCCCCCCN1)C[Si](C)(C)C. The molecule has 0 amide bonds. The normalized spacial score (nSPS) is 27.1. The summed E-state index contributed by atoms with van der Waals surface area (Å²) in [6.07, 6.45) is 9.46. The lowest BCUT2D eigenvalue weighted by molar-refractivity contribution is 0.324. The molecule has 0 saturated carbocycles. The molecule has 1 rings (SSSR count). The van der Waals surface area contributed by atoms with E-state index in [1.54, 1.807) is 0 Å². The molecule has 0 bridgehead atoms. The summed E-state index contributed by atoms with van der Waals surface area (Å²) in [4.78, 5) is 0. The molecule has 0 radical (unpaired) electrons. The summed E-state index contributed by atoms with van der Waals surface area (Å²) in [7, 11) is -0.998. The van der Waals surface area contributed by atoms with Crippen molar-refractivity contribution in [3.05, 3.63) is 12.2 Å². The summed E-state index contributed by atoms with van der Waals surface area (Å²) in [5.41, 5.74) is 1.78. The molecule has 1 atom stereocenters.